The minimum atomic E-state index is 0.684. The summed E-state index contributed by atoms with van der Waals surface area (Å²) in [7, 11) is 0. The zero-order valence-electron chi connectivity index (χ0n) is 12.2. The second-order valence-corrected chi connectivity index (χ2v) is 5.45. The van der Waals surface area contributed by atoms with Gasteiger partial charge in [0.15, 0.2) is 0 Å². The molecule has 16 heavy (non-hydrogen) atoms. The molecule has 0 aromatic rings. The molecule has 0 radical (unpaired) electrons. The van der Waals surface area contributed by atoms with Gasteiger partial charge in [-0.05, 0) is 38.1 Å². The fourth-order valence-corrected chi connectivity index (χ4v) is 2.68. The van der Waals surface area contributed by atoms with Gasteiger partial charge in [-0.2, -0.15) is 0 Å². The monoisotopic (exact) mass is 227 g/mol. The highest BCUT2D eigenvalue weighted by atomic mass is 14.9. The predicted molar refractivity (Wildman–Crippen MR) is 74.8 cm³/mol. The molecule has 0 fully saturated rings. The van der Waals surface area contributed by atoms with E-state index in [1.807, 2.05) is 0 Å². The number of hydrogen-bond acceptors (Lipinski definition) is 1. The van der Waals surface area contributed by atoms with Gasteiger partial charge in [0.2, 0.25) is 0 Å². The Labute approximate surface area is 103 Å². The minimum absolute atomic E-state index is 0.684. The first-order valence-corrected chi connectivity index (χ1v) is 7.37. The highest BCUT2D eigenvalue weighted by molar-refractivity contribution is 4.68. The Morgan fingerprint density at radius 3 is 2.19 bits per heavy atom. The van der Waals surface area contributed by atoms with Gasteiger partial charge in [0.25, 0.3) is 0 Å². The van der Waals surface area contributed by atoms with Gasteiger partial charge in [-0.25, -0.2) is 0 Å². The lowest BCUT2D eigenvalue weighted by atomic mass is 9.87. The highest BCUT2D eigenvalue weighted by Gasteiger charge is 2.13. The van der Waals surface area contributed by atoms with Crippen molar-refractivity contribution in [3.05, 3.63) is 0 Å². The molecule has 98 valence electrons. The van der Waals surface area contributed by atoms with Crippen LogP contribution < -0.4 is 5.32 Å². The molecular weight excluding hydrogens is 194 g/mol. The molecule has 0 aromatic heterocycles. The molecule has 0 heterocycles. The van der Waals surface area contributed by atoms with Crippen molar-refractivity contribution in [1.29, 1.82) is 0 Å². The molecule has 1 N–H and O–H groups in total. The molecule has 1 heteroatoms. The van der Waals surface area contributed by atoms with E-state index < -0.39 is 0 Å². The summed E-state index contributed by atoms with van der Waals surface area (Å²) in [4.78, 5) is 0. The first kappa shape index (κ1) is 16.0. The maximum Gasteiger partial charge on any atom is 0.00411 e. The third-order valence-electron chi connectivity index (χ3n) is 3.59. The van der Waals surface area contributed by atoms with Crippen LogP contribution in [-0.2, 0) is 0 Å². The Bertz CT molecular complexity index is 144. The van der Waals surface area contributed by atoms with Crippen molar-refractivity contribution in [2.24, 2.45) is 11.8 Å². The van der Waals surface area contributed by atoms with Crippen molar-refractivity contribution in [2.75, 3.05) is 6.54 Å². The summed E-state index contributed by atoms with van der Waals surface area (Å²) >= 11 is 0. The van der Waals surface area contributed by atoms with Gasteiger partial charge in [0, 0.05) is 6.04 Å². The zero-order valence-corrected chi connectivity index (χ0v) is 12.2. The number of unbranched alkanes of at least 4 members (excludes halogenated alkanes) is 1. The Balaban J connectivity index is 3.76. The van der Waals surface area contributed by atoms with Crippen LogP contribution in [-0.4, -0.2) is 12.6 Å². The van der Waals surface area contributed by atoms with E-state index in [0.29, 0.717) is 6.04 Å². The van der Waals surface area contributed by atoms with E-state index in [0.717, 1.165) is 18.4 Å². The standard InChI is InChI=1S/C15H33N/c1-6-9-10-15(7-2)12-13(4)11-14(5)16-8-3/h13-16H,6-12H2,1-5H3. The van der Waals surface area contributed by atoms with Crippen LogP contribution in [0.5, 0.6) is 0 Å². The predicted octanol–water partition coefficient (Wildman–Crippen LogP) is 4.62. The van der Waals surface area contributed by atoms with E-state index in [1.165, 1.54) is 38.5 Å². The fraction of sp³-hybridized carbons (Fsp3) is 1.00. The van der Waals surface area contributed by atoms with Gasteiger partial charge in [-0.3, -0.25) is 0 Å². The lowest BCUT2D eigenvalue weighted by Gasteiger charge is -2.22. The Hall–Kier alpha value is -0.0400. The molecule has 3 unspecified atom stereocenters. The summed E-state index contributed by atoms with van der Waals surface area (Å²) in [6.07, 6.45) is 8.31. The quantitative estimate of drug-likeness (QED) is 0.574. The molecule has 0 bridgehead atoms. The summed E-state index contributed by atoms with van der Waals surface area (Å²) in [6.45, 7) is 12.7. The lowest BCUT2D eigenvalue weighted by molar-refractivity contribution is 0.317. The minimum Gasteiger partial charge on any atom is -0.315 e. The van der Waals surface area contributed by atoms with Gasteiger partial charge >= 0.3 is 0 Å². The average molecular weight is 227 g/mol. The maximum atomic E-state index is 3.51. The SMILES string of the molecule is CCCCC(CC)CC(C)CC(C)NCC. The molecule has 0 aliphatic rings. The molecule has 1 nitrogen and oxygen atoms in total. The van der Waals surface area contributed by atoms with E-state index in [2.05, 4.69) is 39.9 Å². The van der Waals surface area contributed by atoms with Crippen molar-refractivity contribution >= 4 is 0 Å². The van der Waals surface area contributed by atoms with Crippen LogP contribution >= 0.6 is 0 Å². The molecule has 0 rings (SSSR count). The van der Waals surface area contributed by atoms with Crippen LogP contribution in [0.3, 0.4) is 0 Å². The molecule has 0 aromatic carbocycles. The van der Waals surface area contributed by atoms with Crippen LogP contribution in [0.15, 0.2) is 0 Å². The first-order valence-electron chi connectivity index (χ1n) is 7.37. The number of hydrogen-bond donors (Lipinski definition) is 1. The van der Waals surface area contributed by atoms with E-state index in [-0.39, 0.29) is 0 Å². The molecule has 0 spiro atoms. The van der Waals surface area contributed by atoms with Crippen molar-refractivity contribution in [3.8, 4) is 0 Å². The summed E-state index contributed by atoms with van der Waals surface area (Å²) < 4.78 is 0. The van der Waals surface area contributed by atoms with Crippen LogP contribution in [0.25, 0.3) is 0 Å². The molecule has 3 atom stereocenters. The summed E-state index contributed by atoms with van der Waals surface area (Å²) in [5.41, 5.74) is 0. The smallest absolute Gasteiger partial charge is 0.00411 e. The Morgan fingerprint density at radius 2 is 1.69 bits per heavy atom. The molecule has 0 saturated carbocycles. The largest absolute Gasteiger partial charge is 0.315 e. The van der Waals surface area contributed by atoms with E-state index in [9.17, 15) is 0 Å². The topological polar surface area (TPSA) is 12.0 Å². The van der Waals surface area contributed by atoms with E-state index in [4.69, 9.17) is 0 Å². The molecular formula is C15H33N. The zero-order chi connectivity index (χ0) is 12.4. The summed E-state index contributed by atoms with van der Waals surface area (Å²) in [5.74, 6) is 1.83. The van der Waals surface area contributed by atoms with Crippen molar-refractivity contribution in [2.45, 2.75) is 79.2 Å². The molecule has 0 amide bonds. The normalized spacial score (nSPS) is 17.1. The van der Waals surface area contributed by atoms with E-state index >= 15 is 0 Å². The third-order valence-corrected chi connectivity index (χ3v) is 3.59. The summed E-state index contributed by atoms with van der Waals surface area (Å²) in [5, 5.41) is 3.51. The highest BCUT2D eigenvalue weighted by Crippen LogP contribution is 2.23. The third kappa shape index (κ3) is 8.15. The number of rotatable bonds is 10. The van der Waals surface area contributed by atoms with Crippen LogP contribution in [0.4, 0.5) is 0 Å². The fourth-order valence-electron chi connectivity index (χ4n) is 2.68. The van der Waals surface area contributed by atoms with Crippen LogP contribution in [0, 0.1) is 11.8 Å². The molecule has 0 aliphatic carbocycles. The van der Waals surface area contributed by atoms with Gasteiger partial charge in [0.05, 0.1) is 0 Å². The van der Waals surface area contributed by atoms with E-state index in [1.54, 1.807) is 0 Å². The van der Waals surface area contributed by atoms with Gasteiger partial charge in [-0.1, -0.05) is 53.4 Å². The molecule has 0 saturated heterocycles. The second kappa shape index (κ2) is 10.1. The van der Waals surface area contributed by atoms with Crippen molar-refractivity contribution in [1.82, 2.24) is 5.32 Å². The van der Waals surface area contributed by atoms with Gasteiger partial charge < -0.3 is 5.32 Å². The van der Waals surface area contributed by atoms with Crippen molar-refractivity contribution < 1.29 is 0 Å². The second-order valence-electron chi connectivity index (χ2n) is 5.45. The van der Waals surface area contributed by atoms with Crippen molar-refractivity contribution in [3.63, 3.8) is 0 Å². The first-order chi connectivity index (χ1) is 7.63. The summed E-state index contributed by atoms with van der Waals surface area (Å²) in [6, 6.07) is 0.684. The van der Waals surface area contributed by atoms with Gasteiger partial charge in [-0.15, -0.1) is 0 Å². The maximum absolute atomic E-state index is 3.51. The van der Waals surface area contributed by atoms with Crippen LogP contribution in [0.1, 0.15) is 73.1 Å². The lowest BCUT2D eigenvalue weighted by Crippen LogP contribution is -2.27. The van der Waals surface area contributed by atoms with Crippen LogP contribution in [0.2, 0.25) is 0 Å². The Morgan fingerprint density at radius 1 is 1.00 bits per heavy atom. The average Bonchev–Trinajstić information content (AvgIpc) is 2.24. The number of nitrogens with one attached hydrogen (secondary N) is 1. The Kier molecular flexibility index (Phi) is 10.1. The van der Waals surface area contributed by atoms with Gasteiger partial charge in [0.1, 0.15) is 0 Å². The molecule has 0 aliphatic heterocycles.